The van der Waals surface area contributed by atoms with Crippen molar-refractivity contribution in [3.8, 4) is 11.5 Å². The summed E-state index contributed by atoms with van der Waals surface area (Å²) in [5.74, 6) is 0.365. The number of hydrogen-bond acceptors (Lipinski definition) is 5. The number of piperazine rings is 1. The fraction of sp³-hybridized carbons (Fsp3) is 0.417. The van der Waals surface area contributed by atoms with Crippen LogP contribution in [0.15, 0.2) is 12.1 Å². The van der Waals surface area contributed by atoms with Crippen LogP contribution in [-0.2, 0) is 4.79 Å². The summed E-state index contributed by atoms with van der Waals surface area (Å²) in [6.07, 6.45) is 0. The van der Waals surface area contributed by atoms with Crippen molar-refractivity contribution >= 4 is 17.3 Å². The number of aromatic hydroxyl groups is 1. The summed E-state index contributed by atoms with van der Waals surface area (Å²) in [5.41, 5.74) is 1.30. The van der Waals surface area contributed by atoms with E-state index in [0.29, 0.717) is 11.4 Å². The van der Waals surface area contributed by atoms with Gasteiger partial charge in [-0.15, -0.1) is 0 Å². The lowest BCUT2D eigenvalue weighted by Crippen LogP contribution is -2.44. The molecule has 6 heteroatoms. The minimum atomic E-state index is -0.240. The van der Waals surface area contributed by atoms with Gasteiger partial charge in [0.2, 0.25) is 0 Å². The quantitative estimate of drug-likeness (QED) is 0.617. The van der Waals surface area contributed by atoms with Gasteiger partial charge in [0.1, 0.15) is 11.4 Å². The second kappa shape index (κ2) is 4.38. The van der Waals surface area contributed by atoms with Crippen LogP contribution < -0.4 is 20.3 Å². The van der Waals surface area contributed by atoms with E-state index in [1.54, 1.807) is 6.07 Å². The number of fused-ring (bicyclic) bond motifs is 1. The number of hydrogen-bond donors (Lipinski definition) is 3. The highest BCUT2D eigenvalue weighted by Gasteiger charge is 2.25. The van der Waals surface area contributed by atoms with Crippen LogP contribution in [0.3, 0.4) is 0 Å². The fourth-order valence-electron chi connectivity index (χ4n) is 2.30. The maximum Gasteiger partial charge on any atom is 0.262 e. The summed E-state index contributed by atoms with van der Waals surface area (Å²) in [6.45, 7) is 3.60. The number of phenolic OH excluding ortho intramolecular Hbond substituents is 1. The molecule has 3 N–H and O–H groups in total. The average molecular weight is 249 g/mol. The van der Waals surface area contributed by atoms with Crippen LogP contribution in [0.4, 0.5) is 11.4 Å². The number of carbonyl (C=O) groups excluding carboxylic acids is 1. The smallest absolute Gasteiger partial charge is 0.262 e. The predicted molar refractivity (Wildman–Crippen MR) is 67.3 cm³/mol. The van der Waals surface area contributed by atoms with Gasteiger partial charge in [0.25, 0.3) is 5.91 Å². The van der Waals surface area contributed by atoms with Crippen LogP contribution in [-0.4, -0.2) is 43.8 Å². The van der Waals surface area contributed by atoms with Gasteiger partial charge in [-0.05, 0) is 12.1 Å². The number of ether oxygens (including phenoxy) is 1. The zero-order valence-electron chi connectivity index (χ0n) is 9.90. The Morgan fingerprint density at radius 1 is 1.28 bits per heavy atom. The third-order valence-corrected chi connectivity index (χ3v) is 3.18. The van der Waals surface area contributed by atoms with Gasteiger partial charge in [-0.25, -0.2) is 0 Å². The van der Waals surface area contributed by atoms with Crippen molar-refractivity contribution in [1.82, 2.24) is 5.32 Å². The first-order valence-electron chi connectivity index (χ1n) is 6.00. The molecular weight excluding hydrogens is 234 g/mol. The number of nitrogens with one attached hydrogen (secondary N) is 2. The Bertz CT molecular complexity index is 484. The Balaban J connectivity index is 2.00. The van der Waals surface area contributed by atoms with Crippen LogP contribution in [0, 0.1) is 0 Å². The number of carbonyl (C=O) groups is 1. The Morgan fingerprint density at radius 2 is 2.06 bits per heavy atom. The van der Waals surface area contributed by atoms with E-state index in [1.165, 1.54) is 0 Å². The highest BCUT2D eigenvalue weighted by atomic mass is 16.5. The first-order valence-corrected chi connectivity index (χ1v) is 6.00. The number of nitrogens with zero attached hydrogens (tertiary/aromatic N) is 1. The number of anilines is 2. The van der Waals surface area contributed by atoms with E-state index in [0.717, 1.165) is 31.9 Å². The van der Waals surface area contributed by atoms with E-state index in [-0.39, 0.29) is 18.3 Å². The van der Waals surface area contributed by atoms with Gasteiger partial charge >= 0.3 is 0 Å². The van der Waals surface area contributed by atoms with Gasteiger partial charge in [-0.3, -0.25) is 4.79 Å². The molecule has 1 fully saturated rings. The van der Waals surface area contributed by atoms with Crippen LogP contribution in [0.5, 0.6) is 11.5 Å². The van der Waals surface area contributed by atoms with E-state index < -0.39 is 0 Å². The largest absolute Gasteiger partial charge is 0.506 e. The predicted octanol–water partition coefficient (Wildman–Crippen LogP) is 0.133. The van der Waals surface area contributed by atoms with E-state index >= 15 is 0 Å². The normalized spacial score (nSPS) is 18.9. The molecule has 1 saturated heterocycles. The van der Waals surface area contributed by atoms with Crippen LogP contribution >= 0.6 is 0 Å². The van der Waals surface area contributed by atoms with Crippen molar-refractivity contribution in [2.75, 3.05) is 43.0 Å². The van der Waals surface area contributed by atoms with E-state index in [9.17, 15) is 9.90 Å². The van der Waals surface area contributed by atoms with Gasteiger partial charge < -0.3 is 25.4 Å². The molecule has 0 radical (unpaired) electrons. The number of rotatable bonds is 1. The number of phenols is 1. The number of amides is 1. The molecule has 1 aromatic carbocycles. The van der Waals surface area contributed by atoms with Gasteiger partial charge in [-0.2, -0.15) is 0 Å². The topological polar surface area (TPSA) is 73.8 Å². The Hall–Kier alpha value is -1.95. The molecule has 1 amide bonds. The Morgan fingerprint density at radius 3 is 2.83 bits per heavy atom. The van der Waals surface area contributed by atoms with Crippen molar-refractivity contribution in [3.05, 3.63) is 12.1 Å². The second-order valence-electron chi connectivity index (χ2n) is 4.38. The van der Waals surface area contributed by atoms with Gasteiger partial charge in [0.15, 0.2) is 12.4 Å². The van der Waals surface area contributed by atoms with Crippen LogP contribution in [0.2, 0.25) is 0 Å². The maximum absolute atomic E-state index is 11.3. The fourth-order valence-corrected chi connectivity index (χ4v) is 2.30. The van der Waals surface area contributed by atoms with Crippen molar-refractivity contribution in [2.24, 2.45) is 0 Å². The lowest BCUT2D eigenvalue weighted by Gasteiger charge is -2.32. The van der Waals surface area contributed by atoms with Gasteiger partial charge in [0.05, 0.1) is 5.69 Å². The van der Waals surface area contributed by atoms with E-state index in [4.69, 9.17) is 4.74 Å². The molecule has 0 aromatic heterocycles. The van der Waals surface area contributed by atoms with Crippen molar-refractivity contribution in [2.45, 2.75) is 0 Å². The Labute approximate surface area is 105 Å². The molecule has 0 unspecified atom stereocenters. The average Bonchev–Trinajstić information content (AvgIpc) is 2.41. The summed E-state index contributed by atoms with van der Waals surface area (Å²) in [6, 6.07) is 3.42. The first kappa shape index (κ1) is 11.2. The molecule has 0 bridgehead atoms. The molecule has 0 saturated carbocycles. The van der Waals surface area contributed by atoms with Gasteiger partial charge in [0, 0.05) is 26.2 Å². The lowest BCUT2D eigenvalue weighted by molar-refractivity contribution is -0.118. The zero-order valence-corrected chi connectivity index (χ0v) is 9.90. The van der Waals surface area contributed by atoms with E-state index in [2.05, 4.69) is 15.5 Å². The summed E-state index contributed by atoms with van der Waals surface area (Å²) in [7, 11) is 0. The summed E-state index contributed by atoms with van der Waals surface area (Å²) in [4.78, 5) is 13.5. The third-order valence-electron chi connectivity index (χ3n) is 3.18. The van der Waals surface area contributed by atoms with Crippen molar-refractivity contribution < 1.29 is 14.6 Å². The van der Waals surface area contributed by atoms with Crippen molar-refractivity contribution in [1.29, 1.82) is 0 Å². The molecule has 2 aliphatic rings. The molecule has 96 valence electrons. The number of benzene rings is 1. The molecule has 2 heterocycles. The molecule has 0 aliphatic carbocycles. The molecule has 3 rings (SSSR count). The zero-order chi connectivity index (χ0) is 12.5. The molecule has 6 nitrogen and oxygen atoms in total. The first-order chi connectivity index (χ1) is 8.75. The molecule has 0 atom stereocenters. The summed E-state index contributed by atoms with van der Waals surface area (Å²) < 4.78 is 5.47. The minimum Gasteiger partial charge on any atom is -0.506 e. The lowest BCUT2D eigenvalue weighted by atomic mass is 10.1. The Kier molecular flexibility index (Phi) is 2.71. The van der Waals surface area contributed by atoms with Crippen molar-refractivity contribution in [3.63, 3.8) is 0 Å². The van der Waals surface area contributed by atoms with Crippen LogP contribution in [0.1, 0.15) is 0 Å². The monoisotopic (exact) mass is 249 g/mol. The molecule has 0 spiro atoms. The van der Waals surface area contributed by atoms with Gasteiger partial charge in [-0.1, -0.05) is 0 Å². The van der Waals surface area contributed by atoms with E-state index in [1.807, 2.05) is 6.07 Å². The SMILES string of the molecule is O=C1COc2c(N3CCNCC3)ccc(O)c2N1. The molecule has 18 heavy (non-hydrogen) atoms. The van der Waals surface area contributed by atoms with Crippen LogP contribution in [0.25, 0.3) is 0 Å². The molecule has 1 aromatic rings. The second-order valence-corrected chi connectivity index (χ2v) is 4.38. The third kappa shape index (κ3) is 1.84. The summed E-state index contributed by atoms with van der Waals surface area (Å²) in [5, 5.41) is 15.7. The standard InChI is InChI=1S/C12H15N3O3/c16-9-2-1-8(15-5-3-13-4-6-15)12-11(9)14-10(17)7-18-12/h1-2,13,16H,3-7H2,(H,14,17). The highest BCUT2D eigenvalue weighted by Crippen LogP contribution is 2.43. The molecular formula is C12H15N3O3. The molecule has 2 aliphatic heterocycles. The maximum atomic E-state index is 11.3. The summed E-state index contributed by atoms with van der Waals surface area (Å²) >= 11 is 0. The minimum absolute atomic E-state index is 0.00442. The highest BCUT2D eigenvalue weighted by molar-refractivity contribution is 5.99.